The molecule has 0 bridgehead atoms. The molecule has 0 aliphatic rings. The van der Waals surface area contributed by atoms with Crippen LogP contribution in [0.25, 0.3) is 11.1 Å². The lowest BCUT2D eigenvalue weighted by Crippen LogP contribution is -2.48. The molecule has 0 radical (unpaired) electrons. The molecule has 14 heteroatoms. The van der Waals surface area contributed by atoms with Crippen LogP contribution in [0.2, 0.25) is 5.02 Å². The summed E-state index contributed by atoms with van der Waals surface area (Å²) in [5.41, 5.74) is 2.35. The second-order valence-electron chi connectivity index (χ2n) is 11.1. The Hall–Kier alpha value is -5.30. The van der Waals surface area contributed by atoms with Gasteiger partial charge < -0.3 is 24.8 Å². The van der Waals surface area contributed by atoms with E-state index in [-0.39, 0.29) is 25.1 Å². The molecule has 252 valence electrons. The maximum Gasteiger partial charge on any atom is 0.410 e. The van der Waals surface area contributed by atoms with Crippen LogP contribution in [0.15, 0.2) is 79.0 Å². The number of amides is 2. The standard InChI is InChI=1S/C34H35ClFN5O7/c1-20(2)32(43)47-21(3)48-34(45)39-29(33(44)46-19-23-7-5-4-6-8-23)17-26(38-31(42)30-18-37-41-40-30)15-22-9-11-24(12-10-22)27-16-25(35)13-14-28(27)36/h4-14,16,18,20-21,26,29H,15,17,19H2,1-3H3,(H,38,42)(H,39,45)(H,37,40,41)/t21?,26-,29-/m1/s1. The Morgan fingerprint density at radius 1 is 0.896 bits per heavy atom. The van der Waals surface area contributed by atoms with E-state index in [1.54, 1.807) is 62.4 Å². The van der Waals surface area contributed by atoms with E-state index in [4.69, 9.17) is 25.8 Å². The van der Waals surface area contributed by atoms with E-state index in [1.165, 1.54) is 31.3 Å². The third kappa shape index (κ3) is 10.6. The Balaban J connectivity index is 1.55. The molecule has 3 atom stereocenters. The average Bonchev–Trinajstić information content (AvgIpc) is 3.61. The third-order valence-corrected chi connectivity index (χ3v) is 7.24. The molecule has 1 unspecified atom stereocenters. The number of benzene rings is 3. The number of nitrogens with zero attached hydrogens (tertiary/aromatic N) is 2. The molecular formula is C34H35ClFN5O7. The highest BCUT2D eigenvalue weighted by Crippen LogP contribution is 2.27. The van der Waals surface area contributed by atoms with Crippen molar-refractivity contribution in [2.75, 3.05) is 0 Å². The zero-order valence-electron chi connectivity index (χ0n) is 26.4. The van der Waals surface area contributed by atoms with Crippen LogP contribution in [0.5, 0.6) is 0 Å². The Kier molecular flexibility index (Phi) is 12.6. The van der Waals surface area contributed by atoms with Crippen LogP contribution >= 0.6 is 11.6 Å². The second kappa shape index (κ2) is 17.0. The van der Waals surface area contributed by atoms with Crippen molar-refractivity contribution in [1.29, 1.82) is 0 Å². The molecule has 48 heavy (non-hydrogen) atoms. The lowest BCUT2D eigenvalue weighted by molar-refractivity contribution is -0.169. The van der Waals surface area contributed by atoms with Crippen molar-refractivity contribution in [1.82, 2.24) is 26.0 Å². The lowest BCUT2D eigenvalue weighted by Gasteiger charge is -2.25. The van der Waals surface area contributed by atoms with Crippen LogP contribution in [-0.2, 0) is 36.8 Å². The summed E-state index contributed by atoms with van der Waals surface area (Å²) in [6.45, 7) is 4.55. The van der Waals surface area contributed by atoms with Crippen molar-refractivity contribution in [3.63, 3.8) is 0 Å². The van der Waals surface area contributed by atoms with E-state index in [2.05, 4.69) is 26.0 Å². The smallest absolute Gasteiger partial charge is 0.410 e. The fourth-order valence-corrected chi connectivity index (χ4v) is 4.74. The van der Waals surface area contributed by atoms with E-state index < -0.39 is 54.0 Å². The van der Waals surface area contributed by atoms with Gasteiger partial charge in [-0.3, -0.25) is 9.59 Å². The Morgan fingerprint density at radius 3 is 2.29 bits per heavy atom. The number of aromatic nitrogens is 3. The number of carbonyl (C=O) groups excluding carboxylic acids is 4. The molecule has 2 amide bonds. The van der Waals surface area contributed by atoms with Crippen molar-refractivity contribution in [2.24, 2.45) is 5.92 Å². The minimum Gasteiger partial charge on any atom is -0.459 e. The van der Waals surface area contributed by atoms with E-state index >= 15 is 0 Å². The highest BCUT2D eigenvalue weighted by molar-refractivity contribution is 6.30. The van der Waals surface area contributed by atoms with Crippen molar-refractivity contribution in [2.45, 2.75) is 58.6 Å². The molecule has 4 aromatic rings. The summed E-state index contributed by atoms with van der Waals surface area (Å²) in [6, 6.07) is 18.0. The highest BCUT2D eigenvalue weighted by atomic mass is 35.5. The molecule has 0 aliphatic carbocycles. The molecule has 0 aliphatic heterocycles. The van der Waals surface area contributed by atoms with Crippen LogP contribution in [-0.4, -0.2) is 57.7 Å². The predicted octanol–water partition coefficient (Wildman–Crippen LogP) is 5.38. The van der Waals surface area contributed by atoms with Gasteiger partial charge in [-0.25, -0.2) is 14.0 Å². The van der Waals surface area contributed by atoms with Crippen LogP contribution in [0, 0.1) is 11.7 Å². The van der Waals surface area contributed by atoms with Gasteiger partial charge in [-0.2, -0.15) is 15.4 Å². The summed E-state index contributed by atoms with van der Waals surface area (Å²) in [7, 11) is 0. The number of nitrogens with one attached hydrogen (secondary N) is 3. The minimum atomic E-state index is -1.31. The van der Waals surface area contributed by atoms with E-state index in [0.29, 0.717) is 21.7 Å². The first-order valence-electron chi connectivity index (χ1n) is 15.1. The Labute approximate surface area is 281 Å². The van der Waals surface area contributed by atoms with Crippen LogP contribution in [0.1, 0.15) is 48.8 Å². The number of H-pyrrole nitrogens is 1. The number of carbonyl (C=O) groups is 4. The first-order chi connectivity index (χ1) is 23.0. The molecule has 12 nitrogen and oxygen atoms in total. The molecule has 0 saturated carbocycles. The zero-order chi connectivity index (χ0) is 34.6. The SMILES string of the molecule is CC(OC(=O)N[C@H](C[C@@H](Cc1ccc(-c2cc(Cl)ccc2F)cc1)NC(=O)c1cn[nH]n1)C(=O)OCc1ccccc1)OC(=O)C(C)C. The van der Waals surface area contributed by atoms with Gasteiger partial charge in [0.1, 0.15) is 18.5 Å². The number of hydrogen-bond acceptors (Lipinski definition) is 9. The summed E-state index contributed by atoms with van der Waals surface area (Å²) in [6.07, 6.45) is -1.01. The molecule has 0 saturated heterocycles. The van der Waals surface area contributed by atoms with E-state index in [1.807, 2.05) is 6.07 Å². The van der Waals surface area contributed by atoms with Crippen molar-refractivity contribution in [3.8, 4) is 11.1 Å². The van der Waals surface area contributed by atoms with Gasteiger partial charge in [-0.1, -0.05) is 80.0 Å². The number of alkyl carbamates (subject to hydrolysis) is 1. The normalized spacial score (nSPS) is 12.8. The molecule has 1 aromatic heterocycles. The highest BCUT2D eigenvalue weighted by Gasteiger charge is 2.30. The van der Waals surface area contributed by atoms with Gasteiger partial charge >= 0.3 is 18.0 Å². The summed E-state index contributed by atoms with van der Waals surface area (Å²) < 4.78 is 30.3. The van der Waals surface area contributed by atoms with Crippen LogP contribution < -0.4 is 10.6 Å². The largest absolute Gasteiger partial charge is 0.459 e. The number of esters is 2. The number of ether oxygens (including phenoxy) is 3. The maximum absolute atomic E-state index is 14.5. The number of halogens is 2. The van der Waals surface area contributed by atoms with Gasteiger partial charge in [0.2, 0.25) is 6.29 Å². The lowest BCUT2D eigenvalue weighted by atomic mass is 9.96. The molecule has 3 N–H and O–H groups in total. The predicted molar refractivity (Wildman–Crippen MR) is 173 cm³/mol. The van der Waals surface area contributed by atoms with Gasteiger partial charge in [-0.15, -0.1) is 0 Å². The van der Waals surface area contributed by atoms with Crippen molar-refractivity contribution < 1.29 is 37.8 Å². The van der Waals surface area contributed by atoms with Crippen molar-refractivity contribution >= 4 is 35.5 Å². The van der Waals surface area contributed by atoms with Gasteiger partial charge in [-0.05, 0) is 47.7 Å². The second-order valence-corrected chi connectivity index (χ2v) is 11.6. The molecular weight excluding hydrogens is 645 g/mol. The molecule has 0 spiro atoms. The summed E-state index contributed by atoms with van der Waals surface area (Å²) in [5.74, 6) is -2.84. The van der Waals surface area contributed by atoms with Crippen LogP contribution in [0.3, 0.4) is 0 Å². The molecule has 1 heterocycles. The Morgan fingerprint density at radius 2 is 1.62 bits per heavy atom. The average molecular weight is 680 g/mol. The quantitative estimate of drug-likeness (QED) is 0.117. The summed E-state index contributed by atoms with van der Waals surface area (Å²) >= 11 is 6.07. The topological polar surface area (TPSA) is 162 Å². The van der Waals surface area contributed by atoms with Gasteiger partial charge in [0.25, 0.3) is 5.91 Å². The molecule has 3 aromatic carbocycles. The van der Waals surface area contributed by atoms with Gasteiger partial charge in [0.05, 0.1) is 12.1 Å². The first kappa shape index (κ1) is 35.6. The number of hydrogen-bond donors (Lipinski definition) is 3. The number of rotatable bonds is 14. The third-order valence-electron chi connectivity index (χ3n) is 7.01. The molecule has 0 fully saturated rings. The van der Waals surface area contributed by atoms with E-state index in [0.717, 1.165) is 5.56 Å². The van der Waals surface area contributed by atoms with Crippen molar-refractivity contribution in [3.05, 3.63) is 107 Å². The minimum absolute atomic E-state index is 0.00291. The fourth-order valence-electron chi connectivity index (χ4n) is 4.57. The molecule has 4 rings (SSSR count). The monoisotopic (exact) mass is 679 g/mol. The Bertz CT molecular complexity index is 1690. The maximum atomic E-state index is 14.5. The van der Waals surface area contributed by atoms with Gasteiger partial charge in [0, 0.05) is 23.6 Å². The first-order valence-corrected chi connectivity index (χ1v) is 15.5. The zero-order valence-corrected chi connectivity index (χ0v) is 27.2. The summed E-state index contributed by atoms with van der Waals surface area (Å²) in [4.78, 5) is 51.3. The fraction of sp³-hybridized carbons (Fsp3) is 0.294. The van der Waals surface area contributed by atoms with Crippen LogP contribution in [0.4, 0.5) is 9.18 Å². The summed E-state index contributed by atoms with van der Waals surface area (Å²) in [5, 5.41) is 15.6. The number of aromatic amines is 1. The van der Waals surface area contributed by atoms with Gasteiger partial charge in [0.15, 0.2) is 5.69 Å². The van der Waals surface area contributed by atoms with E-state index in [9.17, 15) is 23.6 Å².